The van der Waals surface area contributed by atoms with Crippen LogP contribution in [0, 0.1) is 11.6 Å². The first-order valence-corrected chi connectivity index (χ1v) is 8.42. The van der Waals surface area contributed by atoms with Gasteiger partial charge in [-0.15, -0.1) is 0 Å². The van der Waals surface area contributed by atoms with Crippen LogP contribution < -0.4 is 11.1 Å². The predicted octanol–water partition coefficient (Wildman–Crippen LogP) is -0.534. The number of sulfonamides is 1. The number of urea groups is 1. The number of hydrogen-bond donors (Lipinski definition) is 2. The fourth-order valence-electron chi connectivity index (χ4n) is 2.27. The molecule has 1 aromatic rings. The Balaban J connectivity index is 2.04. The molecule has 0 saturated carbocycles. The number of carbonyl (C=O) groups is 2. The van der Waals surface area contributed by atoms with Gasteiger partial charge in [0, 0.05) is 26.2 Å². The van der Waals surface area contributed by atoms with Crippen molar-refractivity contribution in [2.24, 2.45) is 5.73 Å². The van der Waals surface area contributed by atoms with Gasteiger partial charge in [-0.3, -0.25) is 4.79 Å². The molecule has 0 radical (unpaired) electrons. The molecule has 1 aliphatic heterocycles. The molecule has 2 rings (SSSR count). The second-order valence-electron chi connectivity index (χ2n) is 5.08. The van der Waals surface area contributed by atoms with Gasteiger partial charge in [-0.1, -0.05) is 0 Å². The second kappa shape index (κ2) is 7.09. The van der Waals surface area contributed by atoms with Gasteiger partial charge in [0.15, 0.2) is 0 Å². The zero-order valence-electron chi connectivity index (χ0n) is 12.5. The lowest BCUT2D eigenvalue weighted by Gasteiger charge is -2.34. The van der Waals surface area contributed by atoms with E-state index in [0.717, 1.165) is 16.4 Å². The number of benzene rings is 1. The molecule has 8 nitrogen and oxygen atoms in total. The minimum atomic E-state index is -4.20. The first kappa shape index (κ1) is 18.1. The van der Waals surface area contributed by atoms with Gasteiger partial charge in [-0.25, -0.2) is 22.0 Å². The minimum absolute atomic E-state index is 0.0649. The maximum Gasteiger partial charge on any atom is 0.312 e. The van der Waals surface area contributed by atoms with Gasteiger partial charge in [0.1, 0.15) is 16.5 Å². The summed E-state index contributed by atoms with van der Waals surface area (Å²) in [5.41, 5.74) is 4.87. The van der Waals surface area contributed by atoms with Crippen molar-refractivity contribution in [1.82, 2.24) is 14.5 Å². The van der Waals surface area contributed by atoms with Crippen molar-refractivity contribution in [3.8, 4) is 0 Å². The van der Waals surface area contributed by atoms with E-state index in [1.807, 2.05) is 0 Å². The number of piperazine rings is 1. The molecule has 132 valence electrons. The van der Waals surface area contributed by atoms with E-state index >= 15 is 0 Å². The van der Waals surface area contributed by atoms with Gasteiger partial charge < -0.3 is 16.0 Å². The van der Waals surface area contributed by atoms with Crippen LogP contribution in [0.3, 0.4) is 0 Å². The number of amides is 3. The van der Waals surface area contributed by atoms with Crippen LogP contribution in [0.4, 0.5) is 13.6 Å². The topological polar surface area (TPSA) is 113 Å². The summed E-state index contributed by atoms with van der Waals surface area (Å²) in [6.45, 7) is -0.299. The SMILES string of the molecule is NC(=O)NCC(=O)N1CCN(S(=O)(=O)c2cc(F)ccc2F)CC1. The number of hydrogen-bond acceptors (Lipinski definition) is 4. The van der Waals surface area contributed by atoms with E-state index in [0.29, 0.717) is 6.07 Å². The van der Waals surface area contributed by atoms with Gasteiger partial charge in [0.2, 0.25) is 15.9 Å². The maximum absolute atomic E-state index is 13.7. The number of primary amides is 1. The Morgan fingerprint density at radius 3 is 2.38 bits per heavy atom. The fourth-order valence-corrected chi connectivity index (χ4v) is 3.76. The summed E-state index contributed by atoms with van der Waals surface area (Å²) in [6.07, 6.45) is 0. The average molecular weight is 362 g/mol. The van der Waals surface area contributed by atoms with Crippen molar-refractivity contribution in [2.45, 2.75) is 4.90 Å². The molecule has 0 atom stereocenters. The lowest BCUT2D eigenvalue weighted by molar-refractivity contribution is -0.131. The first-order valence-electron chi connectivity index (χ1n) is 6.98. The van der Waals surface area contributed by atoms with Crippen molar-refractivity contribution < 1.29 is 26.8 Å². The lowest BCUT2D eigenvalue weighted by atomic mass is 10.3. The van der Waals surface area contributed by atoms with E-state index in [1.165, 1.54) is 4.90 Å². The summed E-state index contributed by atoms with van der Waals surface area (Å²) in [5.74, 6) is -2.32. The van der Waals surface area contributed by atoms with Gasteiger partial charge in [0.25, 0.3) is 0 Å². The van der Waals surface area contributed by atoms with Gasteiger partial charge in [-0.05, 0) is 18.2 Å². The molecule has 1 fully saturated rings. The third-order valence-electron chi connectivity index (χ3n) is 3.52. The number of nitrogens with two attached hydrogens (primary N) is 1. The lowest BCUT2D eigenvalue weighted by Crippen LogP contribution is -2.52. The summed E-state index contributed by atoms with van der Waals surface area (Å²) in [4.78, 5) is 23.0. The van der Waals surface area contributed by atoms with Crippen molar-refractivity contribution in [1.29, 1.82) is 0 Å². The van der Waals surface area contributed by atoms with Crippen LogP contribution in [0.1, 0.15) is 0 Å². The molecule has 3 N–H and O–H groups in total. The van der Waals surface area contributed by atoms with E-state index in [1.54, 1.807) is 0 Å². The Labute approximate surface area is 137 Å². The molecule has 1 aliphatic rings. The summed E-state index contributed by atoms with van der Waals surface area (Å²) >= 11 is 0. The maximum atomic E-state index is 13.7. The molecule has 1 heterocycles. The fraction of sp³-hybridized carbons (Fsp3) is 0.385. The average Bonchev–Trinajstić information content (AvgIpc) is 2.54. The zero-order valence-corrected chi connectivity index (χ0v) is 13.4. The van der Waals surface area contributed by atoms with Crippen LogP contribution in [-0.2, 0) is 14.8 Å². The summed E-state index contributed by atoms with van der Waals surface area (Å²) in [5, 5.41) is 2.15. The quantitative estimate of drug-likeness (QED) is 0.749. The van der Waals surface area contributed by atoms with Crippen molar-refractivity contribution in [2.75, 3.05) is 32.7 Å². The smallest absolute Gasteiger partial charge is 0.312 e. The molecule has 1 saturated heterocycles. The Kier molecular flexibility index (Phi) is 5.34. The highest BCUT2D eigenvalue weighted by molar-refractivity contribution is 7.89. The van der Waals surface area contributed by atoms with E-state index in [4.69, 9.17) is 5.73 Å². The minimum Gasteiger partial charge on any atom is -0.352 e. The van der Waals surface area contributed by atoms with Gasteiger partial charge >= 0.3 is 6.03 Å². The predicted molar refractivity (Wildman–Crippen MR) is 79.3 cm³/mol. The number of halogens is 2. The highest BCUT2D eigenvalue weighted by atomic mass is 32.2. The molecule has 0 spiro atoms. The molecule has 0 bridgehead atoms. The molecule has 1 aromatic carbocycles. The number of nitrogens with zero attached hydrogens (tertiary/aromatic N) is 2. The van der Waals surface area contributed by atoms with E-state index in [2.05, 4.69) is 5.32 Å². The molecule has 3 amide bonds. The highest BCUT2D eigenvalue weighted by Gasteiger charge is 2.32. The largest absolute Gasteiger partial charge is 0.352 e. The summed E-state index contributed by atoms with van der Waals surface area (Å²) in [7, 11) is -4.20. The number of nitrogens with one attached hydrogen (secondary N) is 1. The Bertz CT molecular complexity index is 748. The van der Waals surface area contributed by atoms with Gasteiger partial charge in [0.05, 0.1) is 6.54 Å². The van der Waals surface area contributed by atoms with Crippen molar-refractivity contribution in [3.05, 3.63) is 29.8 Å². The first-order chi connectivity index (χ1) is 11.2. The van der Waals surface area contributed by atoms with E-state index < -0.39 is 38.5 Å². The zero-order chi connectivity index (χ0) is 17.9. The van der Waals surface area contributed by atoms with Crippen molar-refractivity contribution >= 4 is 22.0 Å². The van der Waals surface area contributed by atoms with Crippen LogP contribution in [0.5, 0.6) is 0 Å². The van der Waals surface area contributed by atoms with Crippen LogP contribution in [-0.4, -0.2) is 62.3 Å². The Morgan fingerprint density at radius 2 is 1.79 bits per heavy atom. The molecule has 0 aromatic heterocycles. The Hall–Kier alpha value is -2.27. The molecule has 0 aliphatic carbocycles. The standard InChI is InChI=1S/C13H16F2N4O4S/c14-9-1-2-10(15)11(7-9)24(22,23)19-5-3-18(4-6-19)12(20)8-17-13(16)21/h1-2,7H,3-6,8H2,(H3,16,17,21). The van der Waals surface area contributed by atoms with E-state index in [9.17, 15) is 26.8 Å². The van der Waals surface area contributed by atoms with Crippen LogP contribution in [0.2, 0.25) is 0 Å². The van der Waals surface area contributed by atoms with Gasteiger partial charge in [-0.2, -0.15) is 4.31 Å². The summed E-state index contributed by atoms with van der Waals surface area (Å²) < 4.78 is 52.7. The van der Waals surface area contributed by atoms with Crippen LogP contribution in [0.25, 0.3) is 0 Å². The second-order valence-corrected chi connectivity index (χ2v) is 6.98. The highest BCUT2D eigenvalue weighted by Crippen LogP contribution is 2.21. The normalized spacial score (nSPS) is 16.0. The summed E-state index contributed by atoms with van der Waals surface area (Å²) in [6, 6.07) is 1.36. The third kappa shape index (κ3) is 3.97. The molecular formula is C13H16F2N4O4S. The number of carbonyl (C=O) groups excluding carboxylic acids is 2. The van der Waals surface area contributed by atoms with E-state index in [-0.39, 0.29) is 32.7 Å². The molecule has 0 unspecified atom stereocenters. The van der Waals surface area contributed by atoms with Crippen molar-refractivity contribution in [3.63, 3.8) is 0 Å². The van der Waals surface area contributed by atoms with Crippen LogP contribution in [0.15, 0.2) is 23.1 Å². The third-order valence-corrected chi connectivity index (χ3v) is 5.43. The molecule has 24 heavy (non-hydrogen) atoms. The monoisotopic (exact) mass is 362 g/mol. The van der Waals surface area contributed by atoms with Crippen LogP contribution >= 0.6 is 0 Å². The number of rotatable bonds is 4. The Morgan fingerprint density at radius 1 is 1.17 bits per heavy atom. The molecule has 11 heteroatoms. The molecular weight excluding hydrogens is 346 g/mol.